The third-order valence-corrected chi connectivity index (χ3v) is 4.92. The SMILES string of the molecule is OCC1CC(O)CC(c2ccc(Cl)c(C(O)(O)c3ccc(O)cc3)c2)O1. The number of benzene rings is 2. The van der Waals surface area contributed by atoms with Gasteiger partial charge in [0.1, 0.15) is 5.75 Å². The lowest BCUT2D eigenvalue weighted by Crippen LogP contribution is -2.34. The molecule has 0 spiro atoms. The number of rotatable bonds is 4. The van der Waals surface area contributed by atoms with Gasteiger partial charge < -0.3 is 30.3 Å². The van der Waals surface area contributed by atoms with Crippen LogP contribution in [0.1, 0.15) is 35.6 Å². The van der Waals surface area contributed by atoms with Gasteiger partial charge in [-0.3, -0.25) is 0 Å². The number of hydrogen-bond acceptors (Lipinski definition) is 6. The van der Waals surface area contributed by atoms with E-state index in [4.69, 9.17) is 16.3 Å². The van der Waals surface area contributed by atoms with E-state index in [2.05, 4.69) is 0 Å². The Kier molecular flexibility index (Phi) is 5.53. The van der Waals surface area contributed by atoms with Gasteiger partial charge in [-0.2, -0.15) is 0 Å². The average Bonchev–Trinajstić information content (AvgIpc) is 2.61. The minimum atomic E-state index is -2.37. The molecule has 1 fully saturated rings. The summed E-state index contributed by atoms with van der Waals surface area (Å²) in [6.07, 6.45) is -0.906. The summed E-state index contributed by atoms with van der Waals surface area (Å²) >= 11 is 6.19. The zero-order chi connectivity index (χ0) is 18.9. The van der Waals surface area contributed by atoms with E-state index in [9.17, 15) is 25.5 Å². The third kappa shape index (κ3) is 3.86. The lowest BCUT2D eigenvalue weighted by Gasteiger charge is -2.33. The van der Waals surface area contributed by atoms with Crippen LogP contribution in [0.15, 0.2) is 42.5 Å². The number of ether oxygens (including phenoxy) is 1. The molecule has 0 saturated carbocycles. The second kappa shape index (κ2) is 7.52. The van der Waals surface area contributed by atoms with Crippen LogP contribution in [0, 0.1) is 0 Å². The lowest BCUT2D eigenvalue weighted by atomic mass is 9.91. The van der Waals surface area contributed by atoms with Crippen LogP contribution in [0.25, 0.3) is 0 Å². The minimum absolute atomic E-state index is 0.00374. The Morgan fingerprint density at radius 3 is 2.42 bits per heavy atom. The zero-order valence-corrected chi connectivity index (χ0v) is 14.7. The Bertz CT molecular complexity index is 761. The predicted octanol–water partition coefficient (Wildman–Crippen LogP) is 1.80. The molecule has 0 amide bonds. The van der Waals surface area contributed by atoms with E-state index in [1.165, 1.54) is 36.4 Å². The first-order valence-corrected chi connectivity index (χ1v) is 8.67. The first kappa shape index (κ1) is 19.1. The Hall–Kier alpha value is -1.67. The highest BCUT2D eigenvalue weighted by Gasteiger charge is 2.34. The van der Waals surface area contributed by atoms with Crippen LogP contribution >= 0.6 is 11.6 Å². The smallest absolute Gasteiger partial charge is 0.218 e. The van der Waals surface area contributed by atoms with Crippen molar-refractivity contribution in [2.75, 3.05) is 6.61 Å². The Labute approximate surface area is 155 Å². The van der Waals surface area contributed by atoms with Crippen LogP contribution in [-0.4, -0.2) is 44.3 Å². The van der Waals surface area contributed by atoms with Crippen LogP contribution in [0.2, 0.25) is 5.02 Å². The van der Waals surface area contributed by atoms with Gasteiger partial charge >= 0.3 is 0 Å². The Morgan fingerprint density at radius 1 is 1.08 bits per heavy atom. The fourth-order valence-electron chi connectivity index (χ4n) is 3.18. The van der Waals surface area contributed by atoms with Crippen LogP contribution < -0.4 is 0 Å². The molecule has 6 nitrogen and oxygen atoms in total. The molecule has 140 valence electrons. The molecule has 3 rings (SSSR count). The van der Waals surface area contributed by atoms with Crippen LogP contribution in [0.4, 0.5) is 0 Å². The van der Waals surface area contributed by atoms with Gasteiger partial charge in [0.05, 0.1) is 24.9 Å². The van der Waals surface area contributed by atoms with Gasteiger partial charge in [0.2, 0.25) is 5.79 Å². The van der Waals surface area contributed by atoms with E-state index in [0.29, 0.717) is 18.4 Å². The molecule has 1 heterocycles. The van der Waals surface area contributed by atoms with Crippen LogP contribution in [0.5, 0.6) is 5.75 Å². The van der Waals surface area contributed by atoms with Crippen molar-refractivity contribution in [1.29, 1.82) is 0 Å². The Morgan fingerprint density at radius 2 is 1.77 bits per heavy atom. The summed E-state index contributed by atoms with van der Waals surface area (Å²) in [6.45, 7) is -0.203. The minimum Gasteiger partial charge on any atom is -0.508 e. The van der Waals surface area contributed by atoms with Gasteiger partial charge in [-0.05, 0) is 42.0 Å². The van der Waals surface area contributed by atoms with Gasteiger partial charge in [0, 0.05) is 29.0 Å². The fraction of sp³-hybridized carbons (Fsp3) is 0.368. The molecule has 1 aliphatic rings. The van der Waals surface area contributed by atoms with E-state index in [0.717, 1.165) is 0 Å². The number of halogens is 1. The zero-order valence-electron chi connectivity index (χ0n) is 13.9. The Balaban J connectivity index is 1.96. The highest BCUT2D eigenvalue weighted by Crippen LogP contribution is 2.37. The van der Waals surface area contributed by atoms with Crippen LogP contribution in [0.3, 0.4) is 0 Å². The monoisotopic (exact) mass is 380 g/mol. The van der Waals surface area contributed by atoms with E-state index < -0.39 is 24.1 Å². The molecule has 0 aliphatic carbocycles. The van der Waals surface area contributed by atoms with Gasteiger partial charge in [-0.1, -0.05) is 17.7 Å². The highest BCUT2D eigenvalue weighted by atomic mass is 35.5. The number of aliphatic hydroxyl groups is 4. The van der Waals surface area contributed by atoms with Gasteiger partial charge in [0.25, 0.3) is 0 Å². The van der Waals surface area contributed by atoms with Crippen molar-refractivity contribution in [3.8, 4) is 5.75 Å². The maximum Gasteiger partial charge on any atom is 0.218 e. The summed E-state index contributed by atoms with van der Waals surface area (Å²) in [5.74, 6) is -2.37. The first-order chi connectivity index (χ1) is 12.3. The highest BCUT2D eigenvalue weighted by molar-refractivity contribution is 6.31. The quantitative estimate of drug-likeness (QED) is 0.517. The topological polar surface area (TPSA) is 110 Å². The molecule has 0 radical (unpaired) electrons. The lowest BCUT2D eigenvalue weighted by molar-refractivity contribution is -0.132. The maximum absolute atomic E-state index is 10.7. The molecule has 3 atom stereocenters. The first-order valence-electron chi connectivity index (χ1n) is 8.29. The third-order valence-electron chi connectivity index (χ3n) is 4.59. The molecule has 1 saturated heterocycles. The molecule has 26 heavy (non-hydrogen) atoms. The summed E-state index contributed by atoms with van der Waals surface area (Å²) in [5, 5.41) is 50.2. The van der Waals surface area contributed by atoms with Crippen molar-refractivity contribution in [2.45, 2.75) is 36.9 Å². The molecule has 0 aromatic heterocycles. The summed E-state index contributed by atoms with van der Waals surface area (Å²) < 4.78 is 5.77. The number of phenols is 1. The molecule has 5 N–H and O–H groups in total. The summed E-state index contributed by atoms with van der Waals surface area (Å²) in [6, 6.07) is 10.2. The fourth-order valence-corrected chi connectivity index (χ4v) is 3.43. The second-order valence-electron chi connectivity index (χ2n) is 6.51. The molecular weight excluding hydrogens is 360 g/mol. The van der Waals surface area contributed by atoms with Gasteiger partial charge in [-0.15, -0.1) is 0 Å². The van der Waals surface area contributed by atoms with E-state index in [-0.39, 0.29) is 28.5 Å². The maximum atomic E-state index is 10.7. The van der Waals surface area contributed by atoms with Crippen molar-refractivity contribution in [3.05, 3.63) is 64.2 Å². The molecule has 2 aromatic carbocycles. The summed E-state index contributed by atoms with van der Waals surface area (Å²) in [5.41, 5.74) is 0.826. The van der Waals surface area contributed by atoms with E-state index in [1.807, 2.05) is 0 Å². The number of phenolic OH excluding ortho intramolecular Hbond substituents is 1. The standard InChI is InChI=1S/C19H21ClO6/c20-17-6-1-11(18-9-14(23)8-15(10-21)26-18)7-16(17)19(24,25)12-2-4-13(22)5-3-12/h1-7,14-15,18,21-25H,8-10H2. The second-order valence-corrected chi connectivity index (χ2v) is 6.92. The molecule has 1 aliphatic heterocycles. The predicted molar refractivity (Wildman–Crippen MR) is 94.7 cm³/mol. The average molecular weight is 381 g/mol. The summed E-state index contributed by atoms with van der Waals surface area (Å²) in [4.78, 5) is 0. The van der Waals surface area contributed by atoms with Gasteiger partial charge in [0.15, 0.2) is 0 Å². The molecule has 0 bridgehead atoms. The normalized spacial score (nSPS) is 23.8. The molecule has 7 heteroatoms. The number of hydrogen-bond donors (Lipinski definition) is 5. The van der Waals surface area contributed by atoms with Crippen molar-refractivity contribution in [2.24, 2.45) is 0 Å². The largest absolute Gasteiger partial charge is 0.508 e. The van der Waals surface area contributed by atoms with E-state index >= 15 is 0 Å². The van der Waals surface area contributed by atoms with E-state index in [1.54, 1.807) is 6.07 Å². The number of aromatic hydroxyl groups is 1. The van der Waals surface area contributed by atoms with Crippen LogP contribution in [-0.2, 0) is 10.5 Å². The van der Waals surface area contributed by atoms with Crippen molar-refractivity contribution >= 4 is 11.6 Å². The number of aliphatic hydroxyl groups excluding tert-OH is 2. The molecule has 2 aromatic rings. The summed E-state index contributed by atoms with van der Waals surface area (Å²) in [7, 11) is 0. The van der Waals surface area contributed by atoms with Gasteiger partial charge in [-0.25, -0.2) is 0 Å². The van der Waals surface area contributed by atoms with Crippen molar-refractivity contribution < 1.29 is 30.3 Å². The van der Waals surface area contributed by atoms with Crippen molar-refractivity contribution in [3.63, 3.8) is 0 Å². The molecule has 3 unspecified atom stereocenters. The van der Waals surface area contributed by atoms with Crippen molar-refractivity contribution in [1.82, 2.24) is 0 Å². The molecular formula is C19H21ClO6.